The van der Waals surface area contributed by atoms with Crippen LogP contribution in [0, 0.1) is 6.92 Å². The van der Waals surface area contributed by atoms with E-state index in [1.54, 1.807) is 59.1 Å². The minimum Gasteiger partial charge on any atom is -0.465 e. The quantitative estimate of drug-likeness (QED) is 0.577. The number of amides is 1. The number of rotatable bonds is 4. The summed E-state index contributed by atoms with van der Waals surface area (Å²) in [6.07, 6.45) is 3.29. The molecule has 1 spiro atoms. The molecule has 0 radical (unpaired) electrons. The predicted molar refractivity (Wildman–Crippen MR) is 128 cm³/mol. The number of aromatic nitrogens is 2. The van der Waals surface area contributed by atoms with E-state index in [0.29, 0.717) is 23.5 Å². The largest absolute Gasteiger partial charge is 0.465 e. The molecule has 9 nitrogen and oxygen atoms in total. The summed E-state index contributed by atoms with van der Waals surface area (Å²) < 4.78 is 12.4. The minimum absolute atomic E-state index is 0.0418. The van der Waals surface area contributed by atoms with Crippen molar-refractivity contribution >= 4 is 17.6 Å². The number of hydrogen-bond donors (Lipinski definition) is 1. The van der Waals surface area contributed by atoms with Crippen molar-refractivity contribution in [1.29, 1.82) is 0 Å². The highest BCUT2D eigenvalue weighted by molar-refractivity contribution is 6.18. The zero-order valence-electron chi connectivity index (χ0n) is 19.6. The van der Waals surface area contributed by atoms with E-state index in [-0.39, 0.29) is 29.3 Å². The Hall–Kier alpha value is -4.40. The zero-order valence-corrected chi connectivity index (χ0v) is 19.6. The third-order valence-corrected chi connectivity index (χ3v) is 6.65. The van der Waals surface area contributed by atoms with Crippen LogP contribution in [-0.4, -0.2) is 35.1 Å². The Morgan fingerprint density at radius 3 is 2.57 bits per heavy atom. The lowest BCUT2D eigenvalue weighted by atomic mass is 9.68. The third-order valence-electron chi connectivity index (χ3n) is 6.65. The summed E-state index contributed by atoms with van der Waals surface area (Å²) in [5.41, 5.74) is 6.40. The molecule has 178 valence electrons. The van der Waals surface area contributed by atoms with Crippen molar-refractivity contribution in [2.75, 3.05) is 18.6 Å². The van der Waals surface area contributed by atoms with Crippen LogP contribution >= 0.6 is 0 Å². The Bertz CT molecular complexity index is 1460. The van der Waals surface area contributed by atoms with E-state index < -0.39 is 22.9 Å². The molecule has 2 aliphatic rings. The van der Waals surface area contributed by atoms with Crippen LogP contribution in [0.2, 0.25) is 0 Å². The van der Waals surface area contributed by atoms with Crippen LogP contribution < -0.4 is 20.9 Å². The molecular weight excluding hydrogens is 448 g/mol. The molecule has 2 N–H and O–H groups in total. The molecule has 2 aliphatic heterocycles. The molecule has 1 aromatic carbocycles. The summed E-state index contributed by atoms with van der Waals surface area (Å²) in [5.74, 6) is -1.42. The van der Waals surface area contributed by atoms with Gasteiger partial charge < -0.3 is 24.7 Å². The maximum Gasteiger partial charge on any atom is 0.340 e. The van der Waals surface area contributed by atoms with Crippen molar-refractivity contribution in [2.45, 2.75) is 25.8 Å². The van der Waals surface area contributed by atoms with E-state index in [9.17, 15) is 14.4 Å². The van der Waals surface area contributed by atoms with Crippen molar-refractivity contribution in [3.63, 3.8) is 0 Å². The number of aryl methyl sites for hydroxylation is 1. The number of methoxy groups -OCH3 is 1. The molecule has 0 fully saturated rings. The van der Waals surface area contributed by atoms with Crippen molar-refractivity contribution in [2.24, 2.45) is 5.73 Å². The van der Waals surface area contributed by atoms with E-state index in [1.165, 1.54) is 7.11 Å². The van der Waals surface area contributed by atoms with Gasteiger partial charge in [-0.25, -0.2) is 4.79 Å². The lowest BCUT2D eigenvalue weighted by Crippen LogP contribution is -2.52. The molecule has 4 heterocycles. The van der Waals surface area contributed by atoms with E-state index >= 15 is 0 Å². The van der Waals surface area contributed by atoms with Gasteiger partial charge >= 0.3 is 5.97 Å². The van der Waals surface area contributed by atoms with Gasteiger partial charge in [-0.2, -0.15) is 0 Å². The molecule has 0 saturated carbocycles. The molecule has 0 bridgehead atoms. The number of ether oxygens (including phenoxy) is 2. The number of pyridine rings is 2. The Balaban J connectivity index is 1.89. The monoisotopic (exact) mass is 472 g/mol. The van der Waals surface area contributed by atoms with E-state index in [4.69, 9.17) is 15.2 Å². The van der Waals surface area contributed by atoms with Gasteiger partial charge in [-0.05, 0) is 37.6 Å². The van der Waals surface area contributed by atoms with Gasteiger partial charge in [0.05, 0.1) is 19.2 Å². The summed E-state index contributed by atoms with van der Waals surface area (Å²) in [4.78, 5) is 47.1. The first-order valence-electron chi connectivity index (χ1n) is 11.2. The first kappa shape index (κ1) is 22.4. The molecular formula is C26H24N4O5. The smallest absolute Gasteiger partial charge is 0.340 e. The molecule has 1 atom stereocenters. The maximum absolute atomic E-state index is 14.2. The van der Waals surface area contributed by atoms with Gasteiger partial charge in [0.2, 0.25) is 11.8 Å². The fourth-order valence-electron chi connectivity index (χ4n) is 5.12. The van der Waals surface area contributed by atoms with Gasteiger partial charge in [0.1, 0.15) is 16.7 Å². The predicted octanol–water partition coefficient (Wildman–Crippen LogP) is 1.99. The topological polar surface area (TPSA) is 117 Å². The Morgan fingerprint density at radius 2 is 1.89 bits per heavy atom. The summed E-state index contributed by atoms with van der Waals surface area (Å²) in [5, 5.41) is 0. The zero-order chi connectivity index (χ0) is 24.9. The molecule has 0 saturated heterocycles. The number of anilines is 1. The summed E-state index contributed by atoms with van der Waals surface area (Å²) in [6, 6.07) is 12.4. The number of benzene rings is 1. The van der Waals surface area contributed by atoms with Crippen LogP contribution in [0.15, 0.2) is 71.1 Å². The van der Waals surface area contributed by atoms with Crippen LogP contribution in [0.1, 0.15) is 29.3 Å². The van der Waals surface area contributed by atoms with Gasteiger partial charge in [0.15, 0.2) is 0 Å². The number of para-hydroxylation sites is 1. The van der Waals surface area contributed by atoms with E-state index in [2.05, 4.69) is 4.98 Å². The molecule has 0 aliphatic carbocycles. The van der Waals surface area contributed by atoms with Crippen molar-refractivity contribution < 1.29 is 19.1 Å². The number of carbonyl (C=O) groups excluding carboxylic acids is 2. The number of nitrogens with two attached hydrogens (primary N) is 1. The highest BCUT2D eigenvalue weighted by Gasteiger charge is 2.62. The normalized spacial score (nSPS) is 18.4. The van der Waals surface area contributed by atoms with Crippen LogP contribution in [-0.2, 0) is 26.3 Å². The van der Waals surface area contributed by atoms with Crippen LogP contribution in [0.3, 0.4) is 0 Å². The Kier molecular flexibility index (Phi) is 5.20. The second-order valence-corrected chi connectivity index (χ2v) is 8.42. The first-order chi connectivity index (χ1) is 16.9. The van der Waals surface area contributed by atoms with Gasteiger partial charge in [-0.1, -0.05) is 18.2 Å². The fraction of sp³-hybridized carbons (Fsp3) is 0.231. The van der Waals surface area contributed by atoms with Crippen molar-refractivity contribution in [3.8, 4) is 5.75 Å². The summed E-state index contributed by atoms with van der Waals surface area (Å²) in [6.45, 7) is 4.18. The van der Waals surface area contributed by atoms with Crippen molar-refractivity contribution in [1.82, 2.24) is 9.55 Å². The Labute approximate surface area is 201 Å². The minimum atomic E-state index is -1.80. The number of likely N-dealkylation sites (N-methyl/N-ethyl adjacent to an activating group) is 1. The molecule has 9 heteroatoms. The van der Waals surface area contributed by atoms with Crippen molar-refractivity contribution in [3.05, 3.63) is 99.1 Å². The number of nitrogens with zero attached hydrogens (tertiary/aromatic N) is 3. The third kappa shape index (κ3) is 3.01. The molecule has 1 amide bonds. The standard InChI is InChI=1S/C26H24N4O5/c1-4-29-18-8-6-5-7-17(18)26(25(29)33)20-19(35-22(27)21(26)24(32)34-3)13-15(2)30(23(20)31)14-16-9-11-28-12-10-16/h5-13H,4,14,27H2,1-3H3. The maximum atomic E-state index is 14.2. The summed E-state index contributed by atoms with van der Waals surface area (Å²) >= 11 is 0. The fourth-order valence-corrected chi connectivity index (χ4v) is 5.12. The molecule has 35 heavy (non-hydrogen) atoms. The number of fused-ring (bicyclic) bond motifs is 4. The molecule has 3 aromatic rings. The van der Waals surface area contributed by atoms with Crippen LogP contribution in [0.5, 0.6) is 5.75 Å². The lowest BCUT2D eigenvalue weighted by Gasteiger charge is -2.35. The molecule has 2 aromatic heterocycles. The molecule has 1 unspecified atom stereocenters. The first-order valence-corrected chi connectivity index (χ1v) is 11.2. The lowest BCUT2D eigenvalue weighted by molar-refractivity contribution is -0.138. The van der Waals surface area contributed by atoms with Gasteiger partial charge in [-0.15, -0.1) is 0 Å². The Morgan fingerprint density at radius 1 is 1.17 bits per heavy atom. The number of hydrogen-bond acceptors (Lipinski definition) is 7. The van der Waals surface area contributed by atoms with Crippen LogP contribution in [0.4, 0.5) is 5.69 Å². The summed E-state index contributed by atoms with van der Waals surface area (Å²) in [7, 11) is 1.20. The highest BCUT2D eigenvalue weighted by Crippen LogP contribution is 2.54. The van der Waals surface area contributed by atoms with Crippen LogP contribution in [0.25, 0.3) is 0 Å². The highest BCUT2D eigenvalue weighted by atomic mass is 16.5. The van der Waals surface area contributed by atoms with Gasteiger partial charge in [-0.3, -0.25) is 14.6 Å². The average molecular weight is 473 g/mol. The van der Waals surface area contributed by atoms with E-state index in [1.807, 2.05) is 19.1 Å². The molecule has 5 rings (SSSR count). The average Bonchev–Trinajstić information content (AvgIpc) is 3.09. The van der Waals surface area contributed by atoms with Gasteiger partial charge in [0.25, 0.3) is 5.56 Å². The number of carbonyl (C=O) groups is 2. The SMILES string of the molecule is CCN1C(=O)C2(C(C(=O)OC)=C(N)Oc3cc(C)n(Cc4ccncc4)c(=O)c32)c2ccccc21. The second kappa shape index (κ2) is 8.12. The number of esters is 1. The van der Waals surface area contributed by atoms with Gasteiger partial charge in [0, 0.05) is 41.9 Å². The second-order valence-electron chi connectivity index (χ2n) is 8.42. The van der Waals surface area contributed by atoms with E-state index in [0.717, 1.165) is 5.56 Å².